The highest BCUT2D eigenvalue weighted by Gasteiger charge is 2.13. The zero-order chi connectivity index (χ0) is 22.2. The number of ether oxygens (including phenoxy) is 3. The third-order valence-electron chi connectivity index (χ3n) is 4.42. The zero-order valence-electron chi connectivity index (χ0n) is 17.2. The maximum absolute atomic E-state index is 12.7. The van der Waals surface area contributed by atoms with Crippen molar-refractivity contribution in [3.05, 3.63) is 88.4 Å². The van der Waals surface area contributed by atoms with E-state index in [1.807, 2.05) is 12.1 Å². The number of hydrogen-bond donors (Lipinski definition) is 1. The number of anilines is 1. The van der Waals surface area contributed by atoms with Crippen LogP contribution >= 0.6 is 11.6 Å². The molecular weight excluding hydrogens is 418 g/mol. The van der Waals surface area contributed by atoms with Gasteiger partial charge in [-0.2, -0.15) is 0 Å². The van der Waals surface area contributed by atoms with E-state index in [0.717, 1.165) is 0 Å². The molecule has 3 aromatic rings. The molecule has 0 fully saturated rings. The molecule has 0 aliphatic heterocycles. The Morgan fingerprint density at radius 3 is 2.32 bits per heavy atom. The Balaban J connectivity index is 1.72. The van der Waals surface area contributed by atoms with E-state index in [9.17, 15) is 9.59 Å². The van der Waals surface area contributed by atoms with Gasteiger partial charge in [0.05, 0.1) is 24.3 Å². The first-order chi connectivity index (χ1) is 15.0. The maximum atomic E-state index is 12.7. The van der Waals surface area contributed by atoms with E-state index in [-0.39, 0.29) is 12.5 Å². The average Bonchev–Trinajstić information content (AvgIpc) is 2.79. The third kappa shape index (κ3) is 5.77. The predicted molar refractivity (Wildman–Crippen MR) is 119 cm³/mol. The van der Waals surface area contributed by atoms with Crippen LogP contribution in [0.3, 0.4) is 0 Å². The minimum atomic E-state index is -0.404. The first kappa shape index (κ1) is 22.2. The molecule has 0 unspecified atom stereocenters. The molecule has 0 saturated carbocycles. The number of benzene rings is 3. The van der Waals surface area contributed by atoms with Crippen LogP contribution in [0.15, 0.2) is 66.7 Å². The first-order valence-corrected chi connectivity index (χ1v) is 10.0. The summed E-state index contributed by atoms with van der Waals surface area (Å²) < 4.78 is 16.1. The van der Waals surface area contributed by atoms with Crippen molar-refractivity contribution in [3.8, 4) is 11.5 Å². The monoisotopic (exact) mass is 439 g/mol. The van der Waals surface area contributed by atoms with E-state index in [2.05, 4.69) is 5.32 Å². The minimum Gasteiger partial charge on any atom is -0.496 e. The summed E-state index contributed by atoms with van der Waals surface area (Å²) in [5.41, 5.74) is 2.12. The highest BCUT2D eigenvalue weighted by molar-refractivity contribution is 6.32. The van der Waals surface area contributed by atoms with Gasteiger partial charge in [-0.1, -0.05) is 23.7 Å². The molecule has 0 saturated heterocycles. The number of carbonyl (C=O) groups excluding carboxylic acids is 2. The smallest absolute Gasteiger partial charge is 0.338 e. The predicted octanol–water partition coefficient (Wildman–Crippen LogP) is 5.36. The van der Waals surface area contributed by atoms with Gasteiger partial charge in [-0.3, -0.25) is 4.79 Å². The summed E-state index contributed by atoms with van der Waals surface area (Å²) in [5, 5.41) is 3.31. The lowest BCUT2D eigenvalue weighted by Gasteiger charge is -2.13. The number of rotatable bonds is 8. The van der Waals surface area contributed by atoms with Crippen LogP contribution in [0.2, 0.25) is 5.02 Å². The molecule has 1 amide bonds. The number of amides is 1. The lowest BCUT2D eigenvalue weighted by atomic mass is 10.1. The second kappa shape index (κ2) is 10.5. The van der Waals surface area contributed by atoms with Crippen molar-refractivity contribution in [2.24, 2.45) is 0 Å². The van der Waals surface area contributed by atoms with Crippen molar-refractivity contribution in [1.82, 2.24) is 0 Å². The molecule has 0 aliphatic rings. The van der Waals surface area contributed by atoms with Crippen LogP contribution in [0, 0.1) is 0 Å². The quantitative estimate of drug-likeness (QED) is 0.478. The number of nitrogens with one attached hydrogen (secondary N) is 1. The molecule has 7 heteroatoms. The molecule has 0 aliphatic carbocycles. The third-order valence-corrected chi connectivity index (χ3v) is 4.73. The van der Waals surface area contributed by atoms with E-state index in [4.69, 9.17) is 25.8 Å². The number of carbonyl (C=O) groups is 2. The van der Waals surface area contributed by atoms with Crippen LogP contribution in [-0.4, -0.2) is 25.6 Å². The van der Waals surface area contributed by atoms with E-state index in [1.165, 1.54) is 0 Å². The summed E-state index contributed by atoms with van der Waals surface area (Å²) in [6.45, 7) is 2.23. The highest BCUT2D eigenvalue weighted by atomic mass is 35.5. The lowest BCUT2D eigenvalue weighted by Crippen LogP contribution is -2.13. The summed E-state index contributed by atoms with van der Waals surface area (Å²) in [5.74, 6) is 0.439. The van der Waals surface area contributed by atoms with Gasteiger partial charge in [0, 0.05) is 16.8 Å². The molecule has 31 heavy (non-hydrogen) atoms. The van der Waals surface area contributed by atoms with Gasteiger partial charge >= 0.3 is 5.97 Å². The molecular formula is C24H22ClNO5. The normalized spacial score (nSPS) is 10.3. The van der Waals surface area contributed by atoms with Crippen molar-refractivity contribution in [2.45, 2.75) is 13.5 Å². The largest absolute Gasteiger partial charge is 0.496 e. The maximum Gasteiger partial charge on any atom is 0.338 e. The molecule has 3 rings (SSSR count). The molecule has 0 radical (unpaired) electrons. The fourth-order valence-electron chi connectivity index (χ4n) is 2.86. The second-order valence-corrected chi connectivity index (χ2v) is 6.90. The van der Waals surface area contributed by atoms with Crippen molar-refractivity contribution >= 4 is 29.2 Å². The first-order valence-electron chi connectivity index (χ1n) is 9.64. The molecule has 3 aromatic carbocycles. The topological polar surface area (TPSA) is 73.9 Å². The molecule has 0 spiro atoms. The van der Waals surface area contributed by atoms with Crippen LogP contribution in [0.25, 0.3) is 0 Å². The molecule has 6 nitrogen and oxygen atoms in total. The Bertz CT molecular complexity index is 1070. The number of methoxy groups -OCH3 is 1. The van der Waals surface area contributed by atoms with Gasteiger partial charge in [0.2, 0.25) is 0 Å². The standard InChI is InChI=1S/C24H22ClNO5/c1-3-30-24(28)16-8-11-19(12-9-16)26-23(27)17-10-13-21(29-2)18(14-17)15-31-22-7-5-4-6-20(22)25/h4-14H,3,15H2,1-2H3,(H,26,27). The summed E-state index contributed by atoms with van der Waals surface area (Å²) in [7, 11) is 1.55. The fraction of sp³-hybridized carbons (Fsp3) is 0.167. The molecule has 0 heterocycles. The van der Waals surface area contributed by atoms with Crippen LogP contribution in [0.1, 0.15) is 33.2 Å². The molecule has 1 N–H and O–H groups in total. The van der Waals surface area contributed by atoms with E-state index in [0.29, 0.717) is 45.5 Å². The van der Waals surface area contributed by atoms with Crippen LogP contribution < -0.4 is 14.8 Å². The number of hydrogen-bond acceptors (Lipinski definition) is 5. The Kier molecular flexibility index (Phi) is 7.51. The summed E-state index contributed by atoms with van der Waals surface area (Å²) in [6.07, 6.45) is 0. The SMILES string of the molecule is CCOC(=O)c1ccc(NC(=O)c2ccc(OC)c(COc3ccccc3Cl)c2)cc1. The molecule has 0 aromatic heterocycles. The summed E-state index contributed by atoms with van der Waals surface area (Å²) in [4.78, 5) is 24.5. The van der Waals surface area contributed by atoms with Gasteiger partial charge in [-0.25, -0.2) is 4.79 Å². The van der Waals surface area contributed by atoms with Crippen molar-refractivity contribution < 1.29 is 23.8 Å². The molecule has 0 bridgehead atoms. The molecule has 160 valence electrons. The minimum absolute atomic E-state index is 0.183. The van der Waals surface area contributed by atoms with Crippen molar-refractivity contribution in [2.75, 3.05) is 19.0 Å². The van der Waals surface area contributed by atoms with Crippen LogP contribution in [0.5, 0.6) is 11.5 Å². The summed E-state index contributed by atoms with van der Waals surface area (Å²) >= 11 is 6.13. The number of halogens is 1. The Morgan fingerprint density at radius 2 is 1.65 bits per heavy atom. The van der Waals surface area contributed by atoms with Crippen molar-refractivity contribution in [3.63, 3.8) is 0 Å². The highest BCUT2D eigenvalue weighted by Crippen LogP contribution is 2.27. The van der Waals surface area contributed by atoms with Gasteiger partial charge in [0.15, 0.2) is 0 Å². The van der Waals surface area contributed by atoms with Gasteiger partial charge in [0.25, 0.3) is 5.91 Å². The molecule has 0 atom stereocenters. The van der Waals surface area contributed by atoms with Gasteiger partial charge in [-0.15, -0.1) is 0 Å². The van der Waals surface area contributed by atoms with E-state index < -0.39 is 5.97 Å². The number of para-hydroxylation sites is 1. The fourth-order valence-corrected chi connectivity index (χ4v) is 3.05. The van der Waals surface area contributed by atoms with E-state index >= 15 is 0 Å². The van der Waals surface area contributed by atoms with Gasteiger partial charge in [-0.05, 0) is 61.5 Å². The van der Waals surface area contributed by atoms with Crippen LogP contribution in [0.4, 0.5) is 5.69 Å². The van der Waals surface area contributed by atoms with Crippen LogP contribution in [-0.2, 0) is 11.3 Å². The van der Waals surface area contributed by atoms with Gasteiger partial charge < -0.3 is 19.5 Å². The van der Waals surface area contributed by atoms with Gasteiger partial charge in [0.1, 0.15) is 18.1 Å². The average molecular weight is 440 g/mol. The van der Waals surface area contributed by atoms with Crippen molar-refractivity contribution in [1.29, 1.82) is 0 Å². The number of esters is 1. The van der Waals surface area contributed by atoms with E-state index in [1.54, 1.807) is 68.6 Å². The second-order valence-electron chi connectivity index (χ2n) is 6.50. The summed E-state index contributed by atoms with van der Waals surface area (Å²) in [6, 6.07) is 18.7. The lowest BCUT2D eigenvalue weighted by molar-refractivity contribution is 0.0526. The Hall–Kier alpha value is -3.51. The Morgan fingerprint density at radius 1 is 0.935 bits per heavy atom. The zero-order valence-corrected chi connectivity index (χ0v) is 17.9. The Labute approximate surface area is 185 Å².